The molecule has 0 atom stereocenters. The topological polar surface area (TPSA) is 73.5 Å². The molecule has 0 unspecified atom stereocenters. The van der Waals surface area contributed by atoms with Gasteiger partial charge < -0.3 is 0 Å². The van der Waals surface area contributed by atoms with E-state index >= 15 is 0 Å². The molecule has 0 aliphatic rings. The Morgan fingerprint density at radius 3 is 1.29 bits per heavy atom. The Bertz CT molecular complexity index is 1030. The second kappa shape index (κ2) is 12.3. The van der Waals surface area contributed by atoms with E-state index in [0.29, 0.717) is 0 Å². The number of guanidine groups is 1. The van der Waals surface area contributed by atoms with Crippen LogP contribution in [0.1, 0.15) is 16.7 Å². The van der Waals surface area contributed by atoms with Gasteiger partial charge in [-0.05, 0) is 53.1 Å². The minimum atomic E-state index is 0.273. The van der Waals surface area contributed by atoms with Crippen molar-refractivity contribution in [1.29, 1.82) is 0 Å². The van der Waals surface area contributed by atoms with E-state index in [2.05, 4.69) is 79.0 Å². The molecule has 0 fully saturated rings. The van der Waals surface area contributed by atoms with E-state index in [1.807, 2.05) is 72.8 Å². The molecule has 0 saturated carbocycles. The number of nitrogens with zero attached hydrogens (tertiary/aromatic N) is 4. The molecule has 0 heterocycles. The predicted octanol–water partition coefficient (Wildman–Crippen LogP) is 5.91. The van der Waals surface area contributed by atoms with E-state index < -0.39 is 0 Å². The molecule has 0 spiro atoms. The normalized spacial score (nSPS) is 11.3. The van der Waals surface area contributed by atoms with Crippen molar-refractivity contribution in [3.63, 3.8) is 0 Å². The largest absolute Gasteiger partial charge is 0.257 e. The van der Waals surface area contributed by atoms with Gasteiger partial charge in [-0.2, -0.15) is 15.3 Å². The lowest BCUT2D eigenvalue weighted by molar-refractivity contribution is 0.890. The number of nitrogens with one attached hydrogen (secondary N) is 2. The third-order valence-corrected chi connectivity index (χ3v) is 5.33. The first-order chi connectivity index (χ1) is 15.1. The van der Waals surface area contributed by atoms with Gasteiger partial charge in [0.25, 0.3) is 5.96 Å². The minimum Gasteiger partial charge on any atom is -0.244 e. The van der Waals surface area contributed by atoms with Gasteiger partial charge in [0.1, 0.15) is 0 Å². The van der Waals surface area contributed by atoms with Gasteiger partial charge in [-0.15, -0.1) is 5.10 Å². The third-order valence-electron chi connectivity index (χ3n) is 3.74. The van der Waals surface area contributed by atoms with E-state index in [9.17, 15) is 0 Å². The highest BCUT2D eigenvalue weighted by Crippen LogP contribution is 2.10. The number of halogens is 3. The number of hydrogen-bond donors (Lipinski definition) is 2. The summed E-state index contributed by atoms with van der Waals surface area (Å²) in [7, 11) is 0. The summed E-state index contributed by atoms with van der Waals surface area (Å²) < 4.78 is 3.01. The van der Waals surface area contributed by atoms with Crippen molar-refractivity contribution in [2.24, 2.45) is 20.4 Å². The molecule has 0 aromatic heterocycles. The van der Waals surface area contributed by atoms with Crippen LogP contribution in [0.4, 0.5) is 0 Å². The van der Waals surface area contributed by atoms with Gasteiger partial charge in [0.15, 0.2) is 0 Å². The van der Waals surface area contributed by atoms with Crippen molar-refractivity contribution < 1.29 is 0 Å². The fraction of sp³-hybridized carbons (Fsp3) is 0. The lowest BCUT2D eigenvalue weighted by Gasteiger charge is -2.02. The summed E-state index contributed by atoms with van der Waals surface area (Å²) in [5.74, 6) is 0.273. The van der Waals surface area contributed by atoms with Crippen molar-refractivity contribution in [2.75, 3.05) is 0 Å². The highest BCUT2D eigenvalue weighted by molar-refractivity contribution is 9.11. The molecule has 2 N–H and O–H groups in total. The molecule has 0 aliphatic heterocycles. The molecule has 3 aromatic rings. The quantitative estimate of drug-likeness (QED) is 0.209. The first kappa shape index (κ1) is 23.1. The molecule has 9 heteroatoms. The third kappa shape index (κ3) is 8.56. The molecule has 3 aromatic carbocycles. The monoisotopic (exact) mass is 602 g/mol. The molecule has 0 amide bonds. The highest BCUT2D eigenvalue weighted by Gasteiger charge is 1.96. The Kier molecular flexibility index (Phi) is 9.14. The van der Waals surface area contributed by atoms with Gasteiger partial charge in [0.05, 0.1) is 18.6 Å². The highest BCUT2D eigenvalue weighted by atomic mass is 79.9. The number of hydrazone groups is 2. The molecule has 0 saturated heterocycles. The van der Waals surface area contributed by atoms with Crippen molar-refractivity contribution in [2.45, 2.75) is 0 Å². The van der Waals surface area contributed by atoms with Crippen molar-refractivity contribution in [3.05, 3.63) is 103 Å². The summed E-state index contributed by atoms with van der Waals surface area (Å²) in [6.45, 7) is 0. The van der Waals surface area contributed by atoms with Gasteiger partial charge in [0, 0.05) is 13.4 Å². The average molecular weight is 605 g/mol. The molecule has 6 nitrogen and oxygen atoms in total. The molecule has 3 rings (SSSR count). The summed E-state index contributed by atoms with van der Waals surface area (Å²) in [4.78, 5) is 0. The SMILES string of the molecule is Brc1ccc(C=NN=C(NN=Cc2ccc(Br)cc2)NN=Cc2ccc(Br)cc2)cc1. The lowest BCUT2D eigenvalue weighted by atomic mass is 10.2. The number of rotatable bonds is 6. The van der Waals surface area contributed by atoms with E-state index in [4.69, 9.17) is 0 Å². The Morgan fingerprint density at radius 2 is 0.903 bits per heavy atom. The molecular weight excluding hydrogens is 588 g/mol. The number of hydrogen-bond acceptors (Lipinski definition) is 4. The first-order valence-electron chi connectivity index (χ1n) is 9.04. The van der Waals surface area contributed by atoms with Crippen LogP contribution in [0, 0.1) is 0 Å². The second-order valence-electron chi connectivity index (χ2n) is 6.09. The van der Waals surface area contributed by atoms with Crippen LogP contribution in [0.5, 0.6) is 0 Å². The van der Waals surface area contributed by atoms with Gasteiger partial charge in [-0.1, -0.05) is 84.2 Å². The van der Waals surface area contributed by atoms with Gasteiger partial charge in [-0.25, -0.2) is 10.9 Å². The summed E-state index contributed by atoms with van der Waals surface area (Å²) in [6.07, 6.45) is 5.01. The maximum absolute atomic E-state index is 4.20. The van der Waals surface area contributed by atoms with Crippen molar-refractivity contribution in [1.82, 2.24) is 10.9 Å². The maximum Gasteiger partial charge on any atom is 0.257 e. The molecule has 0 aliphatic carbocycles. The van der Waals surface area contributed by atoms with Crippen LogP contribution in [-0.2, 0) is 0 Å². The van der Waals surface area contributed by atoms with Crippen LogP contribution in [0.3, 0.4) is 0 Å². The first-order valence-corrected chi connectivity index (χ1v) is 11.4. The van der Waals surface area contributed by atoms with Gasteiger partial charge >= 0.3 is 0 Å². The van der Waals surface area contributed by atoms with Gasteiger partial charge in [0.2, 0.25) is 0 Å². The Morgan fingerprint density at radius 1 is 0.548 bits per heavy atom. The Labute approximate surface area is 205 Å². The average Bonchev–Trinajstić information content (AvgIpc) is 2.77. The van der Waals surface area contributed by atoms with Gasteiger partial charge in [-0.3, -0.25) is 0 Å². The standard InChI is InChI=1S/C22H17Br3N6/c23-19-7-1-16(2-8-19)13-26-29-22(30-27-14-17-3-9-20(24)10-4-17)31-28-15-18-5-11-21(25)12-6-18/h1-15H,(H2,29,30,31). The fourth-order valence-corrected chi connectivity index (χ4v) is 3.00. The van der Waals surface area contributed by atoms with Crippen LogP contribution >= 0.6 is 47.8 Å². The molecule has 31 heavy (non-hydrogen) atoms. The van der Waals surface area contributed by atoms with E-state index in [-0.39, 0.29) is 5.96 Å². The maximum atomic E-state index is 4.20. The van der Waals surface area contributed by atoms with Crippen LogP contribution in [0.15, 0.2) is 107 Å². The zero-order valence-electron chi connectivity index (χ0n) is 16.1. The fourth-order valence-electron chi connectivity index (χ4n) is 2.21. The number of benzene rings is 3. The Balaban J connectivity index is 1.69. The minimum absolute atomic E-state index is 0.273. The van der Waals surface area contributed by atoms with Crippen LogP contribution in [0.25, 0.3) is 0 Å². The molecular formula is C22H17Br3N6. The Hall–Kier alpha value is -2.62. The lowest BCUT2D eigenvalue weighted by Crippen LogP contribution is -2.30. The van der Waals surface area contributed by atoms with Crippen LogP contribution in [0.2, 0.25) is 0 Å². The summed E-state index contributed by atoms with van der Waals surface area (Å²) in [5, 5.41) is 16.7. The molecule has 0 bridgehead atoms. The predicted molar refractivity (Wildman–Crippen MR) is 139 cm³/mol. The van der Waals surface area contributed by atoms with Crippen LogP contribution in [-0.4, -0.2) is 24.6 Å². The summed E-state index contributed by atoms with van der Waals surface area (Å²) >= 11 is 10.2. The molecule has 156 valence electrons. The van der Waals surface area contributed by atoms with Crippen LogP contribution < -0.4 is 10.9 Å². The van der Waals surface area contributed by atoms with E-state index in [1.165, 1.54) is 0 Å². The summed E-state index contributed by atoms with van der Waals surface area (Å²) in [6, 6.07) is 23.3. The zero-order valence-corrected chi connectivity index (χ0v) is 20.8. The molecule has 0 radical (unpaired) electrons. The van der Waals surface area contributed by atoms with Crippen molar-refractivity contribution >= 4 is 72.4 Å². The van der Waals surface area contributed by atoms with E-state index in [0.717, 1.165) is 30.1 Å². The van der Waals surface area contributed by atoms with Crippen molar-refractivity contribution in [3.8, 4) is 0 Å². The second-order valence-corrected chi connectivity index (χ2v) is 8.83. The van der Waals surface area contributed by atoms with E-state index in [1.54, 1.807) is 18.6 Å². The summed E-state index contributed by atoms with van der Waals surface area (Å²) in [5.41, 5.74) is 8.45. The smallest absolute Gasteiger partial charge is 0.244 e. The zero-order chi connectivity index (χ0) is 21.9.